The van der Waals surface area contributed by atoms with Crippen molar-refractivity contribution in [1.29, 1.82) is 0 Å². The predicted octanol–water partition coefficient (Wildman–Crippen LogP) is 5.64. The molecule has 0 N–H and O–H groups in total. The summed E-state index contributed by atoms with van der Waals surface area (Å²) in [6.07, 6.45) is 15.5. The van der Waals surface area contributed by atoms with Crippen LogP contribution in [0.5, 0.6) is 0 Å². The minimum atomic E-state index is -0.818. The van der Waals surface area contributed by atoms with Crippen LogP contribution >= 0.6 is 0 Å². The van der Waals surface area contributed by atoms with Crippen molar-refractivity contribution in [2.24, 2.45) is 0 Å². The third kappa shape index (κ3) is 13.0. The number of hydrogen-bond donors (Lipinski definition) is 0. The van der Waals surface area contributed by atoms with Crippen LogP contribution in [0, 0.1) is 0 Å². The quantitative estimate of drug-likeness (QED) is 0.202. The van der Waals surface area contributed by atoms with Crippen molar-refractivity contribution in [3.05, 3.63) is 0 Å². The van der Waals surface area contributed by atoms with Crippen LogP contribution in [0.15, 0.2) is 0 Å². The zero-order valence-electron chi connectivity index (χ0n) is 20.1. The maximum Gasteiger partial charge on any atom is 0.282 e. The smallest absolute Gasteiger partial charge is 0.282 e. The maximum absolute atomic E-state index is 5.80. The molecule has 1 rings (SSSR count). The van der Waals surface area contributed by atoms with E-state index in [2.05, 4.69) is 16.8 Å². The van der Waals surface area contributed by atoms with Gasteiger partial charge in [-0.1, -0.05) is 51.4 Å². The number of rotatable bonds is 19. The molecular weight excluding hydrogens is 364 g/mol. The lowest BCUT2D eigenvalue weighted by Gasteiger charge is -2.33. The molecule has 5 heteroatoms. The van der Waals surface area contributed by atoms with Crippen molar-refractivity contribution < 1.29 is 14.2 Å². The fourth-order valence-electron chi connectivity index (χ4n) is 4.32. The van der Waals surface area contributed by atoms with Gasteiger partial charge in [-0.2, -0.15) is 0 Å². The Hall–Kier alpha value is -0.200. The number of unbranched alkanes of at least 4 members (excludes halogenated alkanes) is 9. The average molecular weight is 415 g/mol. The van der Waals surface area contributed by atoms with Gasteiger partial charge in [-0.05, 0) is 53.6 Å². The summed E-state index contributed by atoms with van der Waals surface area (Å²) in [5, 5.41) is 0. The molecule has 0 radical (unpaired) electrons. The lowest BCUT2D eigenvalue weighted by atomic mass is 10.1. The molecule has 1 aliphatic rings. The minimum absolute atomic E-state index is 0.620. The Labute approximate surface area is 181 Å². The molecule has 0 saturated carbocycles. The van der Waals surface area contributed by atoms with E-state index in [4.69, 9.17) is 14.2 Å². The normalized spacial score (nSPS) is 16.6. The molecule has 0 aliphatic carbocycles. The molecule has 0 atom stereocenters. The second kappa shape index (κ2) is 17.5. The van der Waals surface area contributed by atoms with Crippen LogP contribution in [-0.2, 0) is 14.2 Å². The molecule has 1 aliphatic heterocycles. The molecule has 1 heterocycles. The highest BCUT2D eigenvalue weighted by Gasteiger charge is 2.31. The van der Waals surface area contributed by atoms with Gasteiger partial charge in [-0.25, -0.2) is 0 Å². The van der Waals surface area contributed by atoms with E-state index in [0.29, 0.717) is 19.8 Å². The first-order chi connectivity index (χ1) is 14.2. The Morgan fingerprint density at radius 3 is 1.62 bits per heavy atom. The fourth-order valence-corrected chi connectivity index (χ4v) is 4.32. The Morgan fingerprint density at radius 1 is 0.655 bits per heavy atom. The van der Waals surface area contributed by atoms with E-state index in [1.165, 1.54) is 90.5 Å². The van der Waals surface area contributed by atoms with Gasteiger partial charge < -0.3 is 14.2 Å². The predicted molar refractivity (Wildman–Crippen MR) is 122 cm³/mol. The van der Waals surface area contributed by atoms with Gasteiger partial charge in [0.15, 0.2) is 0 Å². The molecule has 29 heavy (non-hydrogen) atoms. The fraction of sp³-hybridized carbons (Fsp3) is 1.00. The molecule has 0 unspecified atom stereocenters. The Bertz CT molecular complexity index is 351. The summed E-state index contributed by atoms with van der Waals surface area (Å²) >= 11 is 0. The molecule has 0 bridgehead atoms. The molecule has 0 spiro atoms. The minimum Gasteiger partial charge on any atom is -0.328 e. The summed E-state index contributed by atoms with van der Waals surface area (Å²) < 4.78 is 17.4. The Balaban J connectivity index is 1.93. The molecule has 0 aromatic rings. The van der Waals surface area contributed by atoms with E-state index in [1.54, 1.807) is 0 Å². The molecule has 0 amide bonds. The Kier molecular flexibility index (Phi) is 16.2. The zero-order chi connectivity index (χ0) is 21.2. The molecule has 0 aromatic heterocycles. The van der Waals surface area contributed by atoms with Crippen LogP contribution in [-0.4, -0.2) is 68.9 Å². The highest BCUT2D eigenvalue weighted by molar-refractivity contribution is 4.65. The largest absolute Gasteiger partial charge is 0.328 e. The van der Waals surface area contributed by atoms with Gasteiger partial charge in [-0.15, -0.1) is 0 Å². The topological polar surface area (TPSA) is 34.2 Å². The van der Waals surface area contributed by atoms with Crippen LogP contribution in [0.4, 0.5) is 0 Å². The third-order valence-electron chi connectivity index (χ3n) is 5.76. The van der Waals surface area contributed by atoms with Gasteiger partial charge in [-0.3, -0.25) is 9.80 Å². The van der Waals surface area contributed by atoms with Crippen LogP contribution in [0.25, 0.3) is 0 Å². The highest BCUT2D eigenvalue weighted by atomic mass is 16.9. The second-order valence-electron chi connectivity index (χ2n) is 8.46. The monoisotopic (exact) mass is 414 g/mol. The summed E-state index contributed by atoms with van der Waals surface area (Å²) in [4.78, 5) is 5.05. The van der Waals surface area contributed by atoms with E-state index >= 15 is 0 Å². The van der Waals surface area contributed by atoms with Crippen LogP contribution in [0.3, 0.4) is 0 Å². The first-order valence-electron chi connectivity index (χ1n) is 12.5. The first kappa shape index (κ1) is 26.8. The summed E-state index contributed by atoms with van der Waals surface area (Å²) in [7, 11) is 2.24. The number of nitrogens with zero attached hydrogens (tertiary/aromatic N) is 2. The number of ether oxygens (including phenoxy) is 3. The molecular formula is C24H50N2O3. The zero-order valence-corrected chi connectivity index (χ0v) is 20.1. The SMILES string of the molecule is CCOC(CCCCCCCCCCCCN1CCCN(C)C1)(OCC)OCC. The van der Waals surface area contributed by atoms with Gasteiger partial charge >= 0.3 is 0 Å². The standard InChI is InChI=1S/C24H50N2O3/c1-5-27-24(28-6-2,29-7-3)19-16-14-12-10-8-9-11-13-15-17-21-26-22-18-20-25(4)23-26/h5-23H2,1-4H3. The first-order valence-corrected chi connectivity index (χ1v) is 12.5. The van der Waals surface area contributed by atoms with E-state index in [0.717, 1.165) is 12.8 Å². The van der Waals surface area contributed by atoms with Gasteiger partial charge in [0.25, 0.3) is 5.97 Å². The lowest BCUT2D eigenvalue weighted by Crippen LogP contribution is -2.42. The second-order valence-corrected chi connectivity index (χ2v) is 8.46. The summed E-state index contributed by atoms with van der Waals surface area (Å²) in [6.45, 7) is 12.9. The molecule has 5 nitrogen and oxygen atoms in total. The third-order valence-corrected chi connectivity index (χ3v) is 5.76. The van der Waals surface area contributed by atoms with Crippen molar-refractivity contribution in [1.82, 2.24) is 9.80 Å². The summed E-state index contributed by atoms with van der Waals surface area (Å²) in [5.41, 5.74) is 0. The van der Waals surface area contributed by atoms with Crippen molar-refractivity contribution in [2.75, 3.05) is 53.2 Å². The summed E-state index contributed by atoms with van der Waals surface area (Å²) in [6, 6.07) is 0. The van der Waals surface area contributed by atoms with Gasteiger partial charge in [0.1, 0.15) is 0 Å². The van der Waals surface area contributed by atoms with Crippen LogP contribution in [0.1, 0.15) is 97.8 Å². The number of hydrogen-bond acceptors (Lipinski definition) is 5. The Morgan fingerprint density at radius 2 is 1.14 bits per heavy atom. The van der Waals surface area contributed by atoms with E-state index in [-0.39, 0.29) is 0 Å². The lowest BCUT2D eigenvalue weighted by molar-refractivity contribution is -0.380. The van der Waals surface area contributed by atoms with Crippen molar-refractivity contribution >= 4 is 0 Å². The summed E-state index contributed by atoms with van der Waals surface area (Å²) in [5.74, 6) is -0.818. The average Bonchev–Trinajstić information content (AvgIpc) is 2.69. The highest BCUT2D eigenvalue weighted by Crippen LogP contribution is 2.24. The van der Waals surface area contributed by atoms with Crippen molar-refractivity contribution in [3.8, 4) is 0 Å². The van der Waals surface area contributed by atoms with Crippen molar-refractivity contribution in [3.63, 3.8) is 0 Å². The van der Waals surface area contributed by atoms with Gasteiger partial charge in [0.05, 0.1) is 6.67 Å². The van der Waals surface area contributed by atoms with Gasteiger partial charge in [0, 0.05) is 39.3 Å². The van der Waals surface area contributed by atoms with Gasteiger partial charge in [0.2, 0.25) is 0 Å². The van der Waals surface area contributed by atoms with Crippen LogP contribution in [0.2, 0.25) is 0 Å². The maximum atomic E-state index is 5.80. The molecule has 174 valence electrons. The van der Waals surface area contributed by atoms with Crippen molar-refractivity contribution in [2.45, 2.75) is 104 Å². The molecule has 1 saturated heterocycles. The van der Waals surface area contributed by atoms with E-state index < -0.39 is 5.97 Å². The molecule has 0 aromatic carbocycles. The van der Waals surface area contributed by atoms with Crippen LogP contribution < -0.4 is 0 Å². The molecule has 1 fully saturated rings. The van der Waals surface area contributed by atoms with E-state index in [9.17, 15) is 0 Å². The van der Waals surface area contributed by atoms with E-state index in [1.807, 2.05) is 20.8 Å².